The van der Waals surface area contributed by atoms with Crippen LogP contribution in [0.4, 0.5) is 22.7 Å². The maximum absolute atomic E-state index is 12.1. The Morgan fingerprint density at radius 1 is 0.806 bits per heavy atom. The molecule has 2 rings (SSSR count). The van der Waals surface area contributed by atoms with Crippen molar-refractivity contribution in [2.45, 2.75) is 19.3 Å². The molecule has 2 amide bonds. The van der Waals surface area contributed by atoms with E-state index in [2.05, 4.69) is 10.6 Å². The van der Waals surface area contributed by atoms with Crippen LogP contribution in [0.3, 0.4) is 0 Å². The smallest absolute Gasteiger partial charge is 0.273 e. The molecule has 0 bridgehead atoms. The molecule has 164 valence electrons. The van der Waals surface area contributed by atoms with Crippen LogP contribution in [-0.2, 0) is 9.59 Å². The zero-order chi connectivity index (χ0) is 23.0. The molecule has 0 unspecified atom stereocenters. The molecule has 0 aliphatic heterocycles. The average Bonchev–Trinajstić information content (AvgIpc) is 2.73. The highest BCUT2D eigenvalue weighted by Gasteiger charge is 2.15. The molecule has 0 atom stereocenters. The van der Waals surface area contributed by atoms with Crippen molar-refractivity contribution in [1.29, 1.82) is 0 Å². The van der Waals surface area contributed by atoms with E-state index in [1.54, 1.807) is 0 Å². The van der Waals surface area contributed by atoms with Crippen LogP contribution in [0.2, 0.25) is 0 Å². The van der Waals surface area contributed by atoms with Crippen LogP contribution in [0.15, 0.2) is 36.4 Å². The molecule has 0 heterocycles. The zero-order valence-corrected chi connectivity index (χ0v) is 16.7. The summed E-state index contributed by atoms with van der Waals surface area (Å²) in [4.78, 5) is 44.7. The van der Waals surface area contributed by atoms with Gasteiger partial charge in [-0.2, -0.15) is 0 Å². The van der Waals surface area contributed by atoms with Crippen LogP contribution in [-0.4, -0.2) is 35.9 Å². The number of anilines is 2. The SMILES string of the molecule is COc1cc([N+](=O)[O-])ccc1NC(=O)CCCC(=O)Nc1ccc([N+](=O)[O-])cc1OC. The minimum atomic E-state index is -0.577. The molecule has 12 heteroatoms. The molecule has 2 aromatic carbocycles. The fourth-order valence-corrected chi connectivity index (χ4v) is 2.63. The Kier molecular flexibility index (Phi) is 7.83. The van der Waals surface area contributed by atoms with Crippen molar-refractivity contribution in [2.24, 2.45) is 0 Å². The summed E-state index contributed by atoms with van der Waals surface area (Å²) >= 11 is 0. The van der Waals surface area contributed by atoms with Gasteiger partial charge in [-0.15, -0.1) is 0 Å². The molecule has 0 spiro atoms. The van der Waals surface area contributed by atoms with Gasteiger partial charge in [0, 0.05) is 25.0 Å². The van der Waals surface area contributed by atoms with Gasteiger partial charge in [-0.1, -0.05) is 0 Å². The largest absolute Gasteiger partial charge is 0.494 e. The van der Waals surface area contributed by atoms with E-state index in [1.165, 1.54) is 50.6 Å². The van der Waals surface area contributed by atoms with Crippen molar-refractivity contribution >= 4 is 34.6 Å². The molecule has 2 aromatic rings. The van der Waals surface area contributed by atoms with Crippen LogP contribution in [0.5, 0.6) is 11.5 Å². The van der Waals surface area contributed by atoms with Crippen molar-refractivity contribution in [1.82, 2.24) is 0 Å². The Bertz CT molecular complexity index is 929. The highest BCUT2D eigenvalue weighted by atomic mass is 16.6. The number of ether oxygens (including phenoxy) is 2. The summed E-state index contributed by atoms with van der Waals surface area (Å²) in [6, 6.07) is 7.60. The number of methoxy groups -OCH3 is 2. The van der Waals surface area contributed by atoms with Gasteiger partial charge in [-0.25, -0.2) is 0 Å². The molecule has 0 aromatic heterocycles. The molecular weight excluding hydrogens is 412 g/mol. The number of nitrogens with zero attached hydrogens (tertiary/aromatic N) is 2. The van der Waals surface area contributed by atoms with Crippen molar-refractivity contribution in [3.05, 3.63) is 56.6 Å². The van der Waals surface area contributed by atoms with Gasteiger partial charge in [0.15, 0.2) is 0 Å². The molecule has 2 N–H and O–H groups in total. The fraction of sp³-hybridized carbons (Fsp3) is 0.263. The number of nitro groups is 2. The topological polar surface area (TPSA) is 163 Å². The number of hydrogen-bond acceptors (Lipinski definition) is 8. The van der Waals surface area contributed by atoms with E-state index < -0.39 is 21.7 Å². The van der Waals surface area contributed by atoms with Crippen LogP contribution in [0.1, 0.15) is 19.3 Å². The summed E-state index contributed by atoms with van der Waals surface area (Å²) in [5.41, 5.74) is 0.206. The maximum atomic E-state index is 12.1. The normalized spacial score (nSPS) is 10.1. The first-order valence-corrected chi connectivity index (χ1v) is 8.99. The predicted molar refractivity (Wildman–Crippen MR) is 110 cm³/mol. The average molecular weight is 432 g/mol. The summed E-state index contributed by atoms with van der Waals surface area (Å²) in [6.45, 7) is 0. The number of nitro benzene ring substituents is 2. The lowest BCUT2D eigenvalue weighted by molar-refractivity contribution is -0.385. The quantitative estimate of drug-likeness (QED) is 0.427. The van der Waals surface area contributed by atoms with E-state index in [1.807, 2.05) is 0 Å². The summed E-state index contributed by atoms with van der Waals surface area (Å²) in [6.07, 6.45) is 0.262. The molecule has 31 heavy (non-hydrogen) atoms. The monoisotopic (exact) mass is 432 g/mol. The van der Waals surface area contributed by atoms with Gasteiger partial charge in [-0.05, 0) is 18.6 Å². The third-order valence-electron chi connectivity index (χ3n) is 4.15. The van der Waals surface area contributed by atoms with Gasteiger partial charge >= 0.3 is 0 Å². The molecule has 12 nitrogen and oxygen atoms in total. The maximum Gasteiger partial charge on any atom is 0.273 e. The number of nitrogens with one attached hydrogen (secondary N) is 2. The van der Waals surface area contributed by atoms with Crippen molar-refractivity contribution in [3.8, 4) is 11.5 Å². The lowest BCUT2D eigenvalue weighted by Gasteiger charge is -2.11. The molecule has 0 aliphatic carbocycles. The first-order chi connectivity index (χ1) is 14.7. The van der Waals surface area contributed by atoms with Crippen LogP contribution in [0.25, 0.3) is 0 Å². The highest BCUT2D eigenvalue weighted by molar-refractivity contribution is 5.94. The van der Waals surface area contributed by atoms with Gasteiger partial charge in [0.05, 0.1) is 47.6 Å². The Labute approximate surface area is 176 Å². The Morgan fingerprint density at radius 2 is 1.19 bits per heavy atom. The zero-order valence-electron chi connectivity index (χ0n) is 16.7. The second kappa shape index (κ2) is 10.5. The summed E-state index contributed by atoms with van der Waals surface area (Å²) in [7, 11) is 2.65. The number of carbonyl (C=O) groups is 2. The second-order valence-corrected chi connectivity index (χ2v) is 6.23. The van der Waals surface area contributed by atoms with E-state index in [9.17, 15) is 29.8 Å². The van der Waals surface area contributed by atoms with Crippen LogP contribution < -0.4 is 20.1 Å². The van der Waals surface area contributed by atoms with Crippen molar-refractivity contribution < 1.29 is 28.9 Å². The van der Waals surface area contributed by atoms with Gasteiger partial charge in [-0.3, -0.25) is 29.8 Å². The van der Waals surface area contributed by atoms with Gasteiger partial charge in [0.2, 0.25) is 11.8 Å². The van der Waals surface area contributed by atoms with E-state index in [0.717, 1.165) is 0 Å². The predicted octanol–water partition coefficient (Wildman–Crippen LogP) is 3.27. The molecule has 0 aliphatic rings. The van der Waals surface area contributed by atoms with Gasteiger partial charge < -0.3 is 20.1 Å². The molecular formula is C19H20N4O8. The van der Waals surface area contributed by atoms with Crippen LogP contribution >= 0.6 is 0 Å². The Morgan fingerprint density at radius 3 is 1.52 bits per heavy atom. The second-order valence-electron chi connectivity index (χ2n) is 6.23. The summed E-state index contributed by atoms with van der Waals surface area (Å²) in [5, 5.41) is 26.8. The van der Waals surface area contributed by atoms with E-state index in [0.29, 0.717) is 0 Å². The number of carbonyl (C=O) groups excluding carboxylic acids is 2. The minimum Gasteiger partial charge on any atom is -0.494 e. The Hall–Kier alpha value is -4.22. The number of rotatable bonds is 10. The minimum absolute atomic E-state index is 0.0188. The summed E-state index contributed by atoms with van der Waals surface area (Å²) in [5.74, 6) is -0.503. The van der Waals surface area contributed by atoms with Gasteiger partial charge in [0.25, 0.3) is 11.4 Å². The first-order valence-electron chi connectivity index (χ1n) is 8.99. The van der Waals surface area contributed by atoms with E-state index in [-0.39, 0.29) is 53.5 Å². The third-order valence-corrected chi connectivity index (χ3v) is 4.15. The number of benzene rings is 2. The van der Waals surface area contributed by atoms with Gasteiger partial charge in [0.1, 0.15) is 11.5 Å². The van der Waals surface area contributed by atoms with Crippen LogP contribution in [0, 0.1) is 20.2 Å². The van der Waals surface area contributed by atoms with E-state index in [4.69, 9.17) is 9.47 Å². The lowest BCUT2D eigenvalue weighted by atomic mass is 10.2. The summed E-state index contributed by atoms with van der Waals surface area (Å²) < 4.78 is 10.1. The standard InChI is InChI=1S/C19H20N4O8/c1-30-16-10-12(22(26)27)6-8-14(16)20-18(24)4-3-5-19(25)21-15-9-7-13(23(28)29)11-17(15)31-2/h6-11H,3-5H2,1-2H3,(H,20,24)(H,21,25). The molecule has 0 saturated heterocycles. The Balaban J connectivity index is 1.88. The number of amides is 2. The lowest BCUT2D eigenvalue weighted by Crippen LogP contribution is -2.15. The van der Waals surface area contributed by atoms with E-state index >= 15 is 0 Å². The first kappa shape index (κ1) is 23.1. The molecule has 0 radical (unpaired) electrons. The highest BCUT2D eigenvalue weighted by Crippen LogP contribution is 2.30. The number of hydrogen-bond donors (Lipinski definition) is 2. The fourth-order valence-electron chi connectivity index (χ4n) is 2.63. The molecule has 0 fully saturated rings. The number of non-ortho nitro benzene ring substituents is 2. The van der Waals surface area contributed by atoms with Crippen molar-refractivity contribution in [2.75, 3.05) is 24.9 Å². The van der Waals surface area contributed by atoms with Crippen molar-refractivity contribution in [3.63, 3.8) is 0 Å². The molecule has 0 saturated carbocycles. The third kappa shape index (κ3) is 6.39.